The van der Waals surface area contributed by atoms with E-state index >= 15 is 0 Å². The number of furan rings is 1. The van der Waals surface area contributed by atoms with Crippen LogP contribution in [-0.4, -0.2) is 34.8 Å². The first-order chi connectivity index (χ1) is 13.6. The number of carbonyl (C=O) groups excluding carboxylic acids is 2. The van der Waals surface area contributed by atoms with Crippen molar-refractivity contribution in [2.24, 2.45) is 5.92 Å². The summed E-state index contributed by atoms with van der Waals surface area (Å²) in [6.07, 6.45) is 1.00. The molecule has 6 nitrogen and oxygen atoms in total. The summed E-state index contributed by atoms with van der Waals surface area (Å²) in [6, 6.07) is 11.6. The van der Waals surface area contributed by atoms with E-state index in [2.05, 4.69) is 22.0 Å². The molecule has 0 aliphatic carbocycles. The number of aromatic nitrogens is 1. The van der Waals surface area contributed by atoms with E-state index in [0.717, 1.165) is 28.1 Å². The number of H-pyrrole nitrogens is 1. The van der Waals surface area contributed by atoms with Gasteiger partial charge in [-0.25, -0.2) is 0 Å². The molecule has 6 heteroatoms. The SMILES string of the molecule is COC(=O)C1C[C@H]2c3[nH]c4ccccc4c3C[C@@H](C1=O)N2Cc1ccc(C)o1. The molecule has 0 saturated carbocycles. The number of ketones is 1. The van der Waals surface area contributed by atoms with Crippen LogP contribution in [0.4, 0.5) is 0 Å². The van der Waals surface area contributed by atoms with Gasteiger partial charge >= 0.3 is 5.97 Å². The largest absolute Gasteiger partial charge is 0.468 e. The molecule has 4 heterocycles. The van der Waals surface area contributed by atoms with Gasteiger partial charge in [0.05, 0.1) is 25.7 Å². The van der Waals surface area contributed by atoms with Gasteiger partial charge in [-0.3, -0.25) is 14.5 Å². The molecule has 3 aromatic rings. The maximum Gasteiger partial charge on any atom is 0.316 e. The molecule has 1 saturated heterocycles. The normalized spacial score (nSPS) is 24.4. The standard InChI is InChI=1S/C22H22N2O4/c1-12-7-8-13(28-12)11-24-18-10-16(22(26)27-2)21(25)19(24)9-15-14-5-3-4-6-17(14)23-20(15)18/h3-8,16,18-19,23H,9-11H2,1-2H3/t16?,18-,19-/m0/s1. The van der Waals surface area contributed by atoms with Crippen LogP contribution in [0.2, 0.25) is 0 Å². The van der Waals surface area contributed by atoms with Crippen molar-refractivity contribution >= 4 is 22.7 Å². The maximum atomic E-state index is 13.2. The number of rotatable bonds is 3. The summed E-state index contributed by atoms with van der Waals surface area (Å²) in [5.74, 6) is 0.475. The van der Waals surface area contributed by atoms with Crippen LogP contribution < -0.4 is 0 Å². The summed E-state index contributed by atoms with van der Waals surface area (Å²) in [5, 5.41) is 1.16. The Labute approximate surface area is 162 Å². The number of Topliss-reactive ketones (excluding diaryl/α,β-unsaturated/α-hetero) is 1. The second-order valence-electron chi connectivity index (χ2n) is 7.70. The quantitative estimate of drug-likeness (QED) is 0.559. The fourth-order valence-electron chi connectivity index (χ4n) is 4.83. The van der Waals surface area contributed by atoms with Gasteiger partial charge in [-0.15, -0.1) is 0 Å². The van der Waals surface area contributed by atoms with Gasteiger partial charge in [0.1, 0.15) is 17.4 Å². The molecular weight excluding hydrogens is 356 g/mol. The van der Waals surface area contributed by atoms with Crippen LogP contribution in [-0.2, 0) is 27.3 Å². The second kappa shape index (κ2) is 6.34. The Morgan fingerprint density at radius 1 is 1.25 bits per heavy atom. The van der Waals surface area contributed by atoms with Gasteiger partial charge in [-0.05, 0) is 43.5 Å². The summed E-state index contributed by atoms with van der Waals surface area (Å²) in [6.45, 7) is 2.45. The maximum absolute atomic E-state index is 13.2. The molecule has 3 atom stereocenters. The molecule has 1 unspecified atom stereocenters. The van der Waals surface area contributed by atoms with Crippen molar-refractivity contribution in [2.75, 3.05) is 7.11 Å². The Hall–Kier alpha value is -2.86. The number of hydrogen-bond donors (Lipinski definition) is 1. The lowest BCUT2D eigenvalue weighted by molar-refractivity contribution is -0.156. The van der Waals surface area contributed by atoms with E-state index in [0.29, 0.717) is 19.4 Å². The molecule has 5 rings (SSSR count). The number of hydrogen-bond acceptors (Lipinski definition) is 5. The molecule has 0 spiro atoms. The number of para-hydroxylation sites is 1. The van der Waals surface area contributed by atoms with E-state index in [1.165, 1.54) is 12.7 Å². The fourth-order valence-corrected chi connectivity index (χ4v) is 4.83. The van der Waals surface area contributed by atoms with Crippen LogP contribution in [0.3, 0.4) is 0 Å². The predicted molar refractivity (Wildman–Crippen MR) is 103 cm³/mol. The molecule has 144 valence electrons. The lowest BCUT2D eigenvalue weighted by Gasteiger charge is -2.46. The van der Waals surface area contributed by atoms with Crippen molar-refractivity contribution in [3.8, 4) is 0 Å². The summed E-state index contributed by atoms with van der Waals surface area (Å²) in [4.78, 5) is 31.2. The van der Waals surface area contributed by atoms with E-state index in [1.54, 1.807) is 0 Å². The van der Waals surface area contributed by atoms with Gasteiger partial charge in [0.2, 0.25) is 0 Å². The first kappa shape index (κ1) is 17.3. The average molecular weight is 378 g/mol. The van der Waals surface area contributed by atoms with Gasteiger partial charge < -0.3 is 14.1 Å². The average Bonchev–Trinajstić information content (AvgIpc) is 3.27. The Morgan fingerprint density at radius 3 is 2.82 bits per heavy atom. The summed E-state index contributed by atoms with van der Waals surface area (Å²) in [7, 11) is 1.35. The van der Waals surface area contributed by atoms with Gasteiger partial charge in [-0.2, -0.15) is 0 Å². The highest BCUT2D eigenvalue weighted by atomic mass is 16.5. The molecule has 2 bridgehead atoms. The molecule has 1 aromatic carbocycles. The third-order valence-corrected chi connectivity index (χ3v) is 6.13. The highest BCUT2D eigenvalue weighted by Crippen LogP contribution is 2.45. The Balaban J connectivity index is 1.61. The number of nitrogens with one attached hydrogen (secondary N) is 1. The first-order valence-electron chi connectivity index (χ1n) is 9.59. The van der Waals surface area contributed by atoms with Crippen LogP contribution in [0.25, 0.3) is 10.9 Å². The van der Waals surface area contributed by atoms with Gasteiger partial charge in [0.25, 0.3) is 0 Å². The van der Waals surface area contributed by atoms with Crippen LogP contribution in [0.5, 0.6) is 0 Å². The van der Waals surface area contributed by atoms with E-state index in [1.807, 2.05) is 31.2 Å². The number of ether oxygens (including phenoxy) is 1. The molecule has 0 amide bonds. The van der Waals surface area contributed by atoms with Crippen molar-refractivity contribution in [3.63, 3.8) is 0 Å². The lowest BCUT2D eigenvalue weighted by Crippen LogP contribution is -2.56. The highest BCUT2D eigenvalue weighted by molar-refractivity contribution is 6.03. The predicted octanol–water partition coefficient (Wildman–Crippen LogP) is 3.30. The van der Waals surface area contributed by atoms with Gasteiger partial charge in [0, 0.05) is 16.6 Å². The Bertz CT molecular complexity index is 1080. The number of piperidine rings is 1. The molecule has 2 aliphatic heterocycles. The van der Waals surface area contributed by atoms with E-state index in [9.17, 15) is 9.59 Å². The number of aryl methyl sites for hydroxylation is 1. The van der Waals surface area contributed by atoms with Gasteiger partial charge in [-0.1, -0.05) is 18.2 Å². The Morgan fingerprint density at radius 2 is 2.07 bits per heavy atom. The van der Waals surface area contributed by atoms with Crippen LogP contribution in [0.1, 0.15) is 35.2 Å². The molecule has 1 fully saturated rings. The minimum Gasteiger partial charge on any atom is -0.468 e. The zero-order valence-corrected chi connectivity index (χ0v) is 15.9. The van der Waals surface area contributed by atoms with E-state index in [4.69, 9.17) is 9.15 Å². The molecule has 2 aromatic heterocycles. The summed E-state index contributed by atoms with van der Waals surface area (Å²) < 4.78 is 10.7. The molecule has 28 heavy (non-hydrogen) atoms. The van der Waals surface area contributed by atoms with E-state index < -0.39 is 11.9 Å². The molecule has 0 radical (unpaired) electrons. The van der Waals surface area contributed by atoms with Crippen molar-refractivity contribution in [3.05, 3.63) is 59.2 Å². The number of carbonyl (C=O) groups is 2. The smallest absolute Gasteiger partial charge is 0.316 e. The number of nitrogens with zero attached hydrogens (tertiary/aromatic N) is 1. The van der Waals surface area contributed by atoms with Crippen molar-refractivity contribution < 1.29 is 18.7 Å². The minimum absolute atomic E-state index is 0.0534. The van der Waals surface area contributed by atoms with E-state index in [-0.39, 0.29) is 17.9 Å². The minimum atomic E-state index is -0.714. The number of esters is 1. The fraction of sp³-hybridized carbons (Fsp3) is 0.364. The highest BCUT2D eigenvalue weighted by Gasteiger charge is 2.50. The summed E-state index contributed by atoms with van der Waals surface area (Å²) in [5.41, 5.74) is 3.35. The van der Waals surface area contributed by atoms with Crippen LogP contribution >= 0.6 is 0 Å². The van der Waals surface area contributed by atoms with Crippen LogP contribution in [0.15, 0.2) is 40.8 Å². The zero-order chi connectivity index (χ0) is 19.4. The van der Waals surface area contributed by atoms with Crippen molar-refractivity contribution in [1.29, 1.82) is 0 Å². The molecule has 2 aliphatic rings. The lowest BCUT2D eigenvalue weighted by atomic mass is 9.76. The monoisotopic (exact) mass is 378 g/mol. The molecular formula is C22H22N2O4. The van der Waals surface area contributed by atoms with Crippen LogP contribution in [0, 0.1) is 12.8 Å². The zero-order valence-electron chi connectivity index (χ0n) is 15.9. The number of benzene rings is 1. The van der Waals surface area contributed by atoms with Crippen molar-refractivity contribution in [1.82, 2.24) is 9.88 Å². The van der Waals surface area contributed by atoms with Gasteiger partial charge in [0.15, 0.2) is 5.78 Å². The first-order valence-corrected chi connectivity index (χ1v) is 9.59. The van der Waals surface area contributed by atoms with Crippen molar-refractivity contribution in [2.45, 2.75) is 38.4 Å². The number of fused-ring (bicyclic) bond motifs is 6. The third-order valence-electron chi connectivity index (χ3n) is 6.13. The molecule has 1 N–H and O–H groups in total. The topological polar surface area (TPSA) is 75.5 Å². The second-order valence-corrected chi connectivity index (χ2v) is 7.70. The number of aromatic amines is 1. The number of methoxy groups -OCH3 is 1. The third kappa shape index (κ3) is 2.52. The summed E-state index contributed by atoms with van der Waals surface area (Å²) >= 11 is 0. The Kier molecular flexibility index (Phi) is 3.91.